The molecular weight excluding hydrogens is 293 g/mol. The summed E-state index contributed by atoms with van der Waals surface area (Å²) in [5, 5.41) is 1.22. The van der Waals surface area contributed by atoms with Crippen LogP contribution >= 0.6 is 23.2 Å². The van der Waals surface area contributed by atoms with Crippen molar-refractivity contribution in [3.05, 3.63) is 63.1 Å². The van der Waals surface area contributed by atoms with Crippen LogP contribution in [0, 0.1) is 6.92 Å². The molecule has 20 heavy (non-hydrogen) atoms. The van der Waals surface area contributed by atoms with Gasteiger partial charge >= 0.3 is 0 Å². The van der Waals surface area contributed by atoms with Gasteiger partial charge in [0.25, 0.3) is 0 Å². The molecule has 2 unspecified atom stereocenters. The van der Waals surface area contributed by atoms with Crippen molar-refractivity contribution in [2.45, 2.75) is 25.5 Å². The molecule has 1 heterocycles. The molecule has 0 radical (unpaired) electrons. The van der Waals surface area contributed by atoms with E-state index in [-0.39, 0.29) is 12.1 Å². The van der Waals surface area contributed by atoms with Crippen molar-refractivity contribution < 1.29 is 4.74 Å². The molecule has 0 aliphatic carbocycles. The predicted molar refractivity (Wildman–Crippen MR) is 82.6 cm³/mol. The number of benzene rings is 2. The number of fused-ring (bicyclic) bond motifs is 1. The first-order valence-corrected chi connectivity index (χ1v) is 7.27. The molecule has 2 aromatic rings. The number of hydrogen-bond acceptors (Lipinski definition) is 2. The summed E-state index contributed by atoms with van der Waals surface area (Å²) < 4.78 is 6.06. The van der Waals surface area contributed by atoms with Gasteiger partial charge in [0.15, 0.2) is 0 Å². The van der Waals surface area contributed by atoms with E-state index in [1.165, 1.54) is 5.56 Å². The van der Waals surface area contributed by atoms with Crippen LogP contribution in [-0.2, 0) is 0 Å². The zero-order valence-electron chi connectivity index (χ0n) is 11.1. The summed E-state index contributed by atoms with van der Waals surface area (Å²) in [6.45, 7) is 2.05. The maximum atomic E-state index is 6.27. The quantitative estimate of drug-likeness (QED) is 0.819. The maximum absolute atomic E-state index is 6.27. The molecule has 0 aromatic heterocycles. The van der Waals surface area contributed by atoms with Crippen molar-refractivity contribution in [1.82, 2.24) is 0 Å². The standard InChI is InChI=1S/C16H15Cl2NO/c1-9-2-3-15-13(4-9)14(19)8-16(20-15)10-5-11(17)7-12(18)6-10/h2-7,14,16H,8,19H2,1H3. The van der Waals surface area contributed by atoms with Gasteiger partial charge in [-0.25, -0.2) is 0 Å². The number of nitrogens with two attached hydrogens (primary N) is 1. The fraction of sp³-hybridized carbons (Fsp3) is 0.250. The molecule has 104 valence electrons. The Morgan fingerprint density at radius 1 is 1.10 bits per heavy atom. The van der Waals surface area contributed by atoms with Crippen molar-refractivity contribution >= 4 is 23.2 Å². The van der Waals surface area contributed by atoms with Crippen molar-refractivity contribution in [1.29, 1.82) is 0 Å². The normalized spacial score (nSPS) is 21.2. The molecule has 1 aliphatic rings. The average molecular weight is 308 g/mol. The van der Waals surface area contributed by atoms with E-state index in [4.69, 9.17) is 33.7 Å². The Hall–Kier alpha value is -1.22. The van der Waals surface area contributed by atoms with Gasteiger partial charge < -0.3 is 10.5 Å². The van der Waals surface area contributed by atoms with Crippen LogP contribution in [0.1, 0.15) is 35.3 Å². The van der Waals surface area contributed by atoms with Gasteiger partial charge in [0.2, 0.25) is 0 Å². The highest BCUT2D eigenvalue weighted by atomic mass is 35.5. The second-order valence-corrected chi connectivity index (χ2v) is 6.07. The van der Waals surface area contributed by atoms with Crippen LogP contribution in [0.5, 0.6) is 5.75 Å². The summed E-state index contributed by atoms with van der Waals surface area (Å²) >= 11 is 12.1. The third-order valence-electron chi connectivity index (χ3n) is 3.56. The zero-order chi connectivity index (χ0) is 14.3. The number of ether oxygens (including phenoxy) is 1. The third kappa shape index (κ3) is 2.64. The smallest absolute Gasteiger partial charge is 0.126 e. The van der Waals surface area contributed by atoms with Gasteiger partial charge in [-0.15, -0.1) is 0 Å². The lowest BCUT2D eigenvalue weighted by Gasteiger charge is -2.31. The Labute approximate surface area is 128 Å². The molecule has 0 bridgehead atoms. The molecule has 0 fully saturated rings. The van der Waals surface area contributed by atoms with Crippen molar-refractivity contribution in [2.24, 2.45) is 5.73 Å². The Morgan fingerprint density at radius 2 is 1.80 bits per heavy atom. The van der Waals surface area contributed by atoms with E-state index in [1.54, 1.807) is 6.07 Å². The fourth-order valence-corrected chi connectivity index (χ4v) is 3.13. The fourth-order valence-electron chi connectivity index (χ4n) is 2.59. The van der Waals surface area contributed by atoms with Gasteiger partial charge in [0.1, 0.15) is 11.9 Å². The molecule has 2 nitrogen and oxygen atoms in total. The first-order chi connectivity index (χ1) is 9.52. The zero-order valence-corrected chi connectivity index (χ0v) is 12.6. The number of halogens is 2. The van der Waals surface area contributed by atoms with Crippen LogP contribution in [0.15, 0.2) is 36.4 Å². The lowest BCUT2D eigenvalue weighted by molar-refractivity contribution is 0.161. The minimum absolute atomic E-state index is 0.0404. The molecule has 0 spiro atoms. The van der Waals surface area contributed by atoms with E-state index < -0.39 is 0 Å². The molecule has 0 saturated carbocycles. The van der Waals surface area contributed by atoms with Gasteiger partial charge in [-0.2, -0.15) is 0 Å². The molecule has 2 N–H and O–H groups in total. The SMILES string of the molecule is Cc1ccc2c(c1)C(N)CC(c1cc(Cl)cc(Cl)c1)O2. The molecule has 2 aromatic carbocycles. The highest BCUT2D eigenvalue weighted by molar-refractivity contribution is 6.34. The molecule has 0 saturated heterocycles. The Balaban J connectivity index is 1.96. The van der Waals surface area contributed by atoms with Crippen molar-refractivity contribution in [3.63, 3.8) is 0 Å². The minimum Gasteiger partial charge on any atom is -0.485 e. The third-order valence-corrected chi connectivity index (χ3v) is 4.00. The monoisotopic (exact) mass is 307 g/mol. The molecule has 0 amide bonds. The number of hydrogen-bond donors (Lipinski definition) is 1. The minimum atomic E-state index is -0.114. The summed E-state index contributed by atoms with van der Waals surface area (Å²) in [5.41, 5.74) is 9.49. The summed E-state index contributed by atoms with van der Waals surface area (Å²) in [6.07, 6.45) is 0.601. The highest BCUT2D eigenvalue weighted by Gasteiger charge is 2.27. The summed E-state index contributed by atoms with van der Waals surface area (Å²) in [5.74, 6) is 0.843. The maximum Gasteiger partial charge on any atom is 0.126 e. The van der Waals surface area contributed by atoms with Gasteiger partial charge in [0.05, 0.1) is 0 Å². The van der Waals surface area contributed by atoms with Gasteiger partial charge in [0, 0.05) is 28.1 Å². The van der Waals surface area contributed by atoms with E-state index in [0.717, 1.165) is 16.9 Å². The molecular formula is C16H15Cl2NO. The van der Waals surface area contributed by atoms with Crippen molar-refractivity contribution in [2.75, 3.05) is 0 Å². The first kappa shape index (κ1) is 13.7. The lowest BCUT2D eigenvalue weighted by Crippen LogP contribution is -2.24. The summed E-state index contributed by atoms with van der Waals surface area (Å²) in [4.78, 5) is 0. The van der Waals surface area contributed by atoms with Crippen LogP contribution in [0.4, 0.5) is 0 Å². The molecule has 3 rings (SSSR count). The topological polar surface area (TPSA) is 35.2 Å². The average Bonchev–Trinajstić information content (AvgIpc) is 2.38. The van der Waals surface area contributed by atoms with Gasteiger partial charge in [-0.3, -0.25) is 0 Å². The van der Waals surface area contributed by atoms with E-state index >= 15 is 0 Å². The lowest BCUT2D eigenvalue weighted by atomic mass is 9.93. The van der Waals surface area contributed by atoms with Crippen LogP contribution in [0.2, 0.25) is 10.0 Å². The van der Waals surface area contributed by atoms with Crippen LogP contribution in [0.25, 0.3) is 0 Å². The van der Waals surface area contributed by atoms with Gasteiger partial charge in [-0.05, 0) is 36.8 Å². The van der Waals surface area contributed by atoms with Crippen LogP contribution in [-0.4, -0.2) is 0 Å². The van der Waals surface area contributed by atoms with E-state index in [0.29, 0.717) is 16.5 Å². The van der Waals surface area contributed by atoms with Crippen LogP contribution < -0.4 is 10.5 Å². The van der Waals surface area contributed by atoms with E-state index in [2.05, 4.69) is 13.0 Å². The Morgan fingerprint density at radius 3 is 2.50 bits per heavy atom. The summed E-state index contributed by atoms with van der Waals surface area (Å²) in [6, 6.07) is 11.5. The van der Waals surface area contributed by atoms with E-state index in [1.807, 2.05) is 24.3 Å². The van der Waals surface area contributed by atoms with Crippen molar-refractivity contribution in [3.8, 4) is 5.75 Å². The molecule has 2 atom stereocenters. The molecule has 4 heteroatoms. The Kier molecular flexibility index (Phi) is 3.63. The number of rotatable bonds is 1. The second-order valence-electron chi connectivity index (χ2n) is 5.19. The predicted octanol–water partition coefficient (Wildman–Crippen LogP) is 4.83. The molecule has 1 aliphatic heterocycles. The Bertz CT molecular complexity index is 637. The second kappa shape index (κ2) is 5.28. The highest BCUT2D eigenvalue weighted by Crippen LogP contribution is 2.40. The van der Waals surface area contributed by atoms with Gasteiger partial charge in [-0.1, -0.05) is 40.9 Å². The van der Waals surface area contributed by atoms with Crippen LogP contribution in [0.3, 0.4) is 0 Å². The summed E-state index contributed by atoms with van der Waals surface area (Å²) in [7, 11) is 0. The number of aryl methyl sites for hydroxylation is 1. The first-order valence-electron chi connectivity index (χ1n) is 6.52. The van der Waals surface area contributed by atoms with E-state index in [9.17, 15) is 0 Å². The largest absolute Gasteiger partial charge is 0.485 e.